The number of benzene rings is 1. The molecular weight excluding hydrogens is 781 g/mol. The Kier molecular flexibility index (Phi) is 11.5. The first-order chi connectivity index (χ1) is 24.9. The number of fused-ring (bicyclic) bond motifs is 1. The maximum atomic E-state index is 12.5. The van der Waals surface area contributed by atoms with E-state index in [2.05, 4.69) is 17.7 Å². The molecule has 24 nitrogen and oxygen atoms in total. The normalized spacial score (nSPS) is 31.8. The molecule has 27 heteroatoms. The van der Waals surface area contributed by atoms with Gasteiger partial charge in [0.05, 0.1) is 13.2 Å². The molecule has 3 saturated heterocycles. The van der Waals surface area contributed by atoms with Crippen LogP contribution in [0, 0.1) is 0 Å². The van der Waals surface area contributed by atoms with Crippen LogP contribution in [0.4, 0.5) is 0 Å². The zero-order chi connectivity index (χ0) is 38.3. The monoisotopic (exact) mass is 809 g/mol. The molecule has 0 amide bonds. The van der Waals surface area contributed by atoms with Crippen molar-refractivity contribution in [1.82, 2.24) is 19.1 Å². The number of nitrogens with one attached hydrogen (secondary N) is 2. The Labute approximate surface area is 294 Å². The zero-order valence-electron chi connectivity index (χ0n) is 26.5. The third-order valence-electron chi connectivity index (χ3n) is 7.93. The molecule has 290 valence electrons. The molecule has 3 aliphatic heterocycles. The summed E-state index contributed by atoms with van der Waals surface area (Å²) >= 11 is 0. The number of aromatic amines is 2. The number of phosphoric ester groups is 2. The molecule has 12 atom stereocenters. The lowest BCUT2D eigenvalue weighted by Crippen LogP contribution is -2.37. The van der Waals surface area contributed by atoms with E-state index in [0.29, 0.717) is 4.57 Å². The first-order valence-corrected chi connectivity index (χ1v) is 19.6. The van der Waals surface area contributed by atoms with Crippen LogP contribution in [0.2, 0.25) is 0 Å². The summed E-state index contributed by atoms with van der Waals surface area (Å²) in [6.07, 6.45) is -10.7. The first-order valence-electron chi connectivity index (χ1n) is 15.2. The summed E-state index contributed by atoms with van der Waals surface area (Å²) < 4.78 is 78.4. The summed E-state index contributed by atoms with van der Waals surface area (Å²) in [5, 5.41) is 20.5. The van der Waals surface area contributed by atoms with E-state index >= 15 is 0 Å². The average molecular weight is 809 g/mol. The second-order valence-corrected chi connectivity index (χ2v) is 16.1. The SMILES string of the molecule is O=c1ccn([C@@H]2O[C@H](COP(=O)([O-])OP(=O)([O-])OP(=O)([O-])OC[C@@H]3O[C@H](n4ccc(=O)[nH]c4=O)C4OC(Cc5ccccc5)OC43)C(O)C2O)c(=O)[nH]1. The van der Waals surface area contributed by atoms with Gasteiger partial charge in [-0.2, -0.15) is 0 Å². The smallest absolute Gasteiger partial charge is 0.330 e. The summed E-state index contributed by atoms with van der Waals surface area (Å²) in [6, 6.07) is 10.8. The number of hydrogen-bond acceptors (Lipinski definition) is 20. The average Bonchev–Trinajstić information content (AvgIpc) is 3.70. The van der Waals surface area contributed by atoms with Gasteiger partial charge in [-0.25, -0.2) is 18.2 Å². The van der Waals surface area contributed by atoms with E-state index in [9.17, 15) is 57.8 Å². The Morgan fingerprint density at radius 3 is 1.74 bits per heavy atom. The number of nitrogens with zero attached hydrogens (tertiary/aromatic N) is 2. The van der Waals surface area contributed by atoms with Crippen molar-refractivity contribution in [1.29, 1.82) is 0 Å². The van der Waals surface area contributed by atoms with E-state index in [1.165, 1.54) is 0 Å². The zero-order valence-corrected chi connectivity index (χ0v) is 29.2. The van der Waals surface area contributed by atoms with Gasteiger partial charge in [0.2, 0.25) is 0 Å². The van der Waals surface area contributed by atoms with Crippen molar-refractivity contribution in [3.8, 4) is 0 Å². The van der Waals surface area contributed by atoms with E-state index in [1.54, 1.807) is 30.3 Å². The van der Waals surface area contributed by atoms with Gasteiger partial charge in [0.1, 0.15) is 36.6 Å². The topological polar surface area (TPSA) is 344 Å². The molecule has 53 heavy (non-hydrogen) atoms. The molecule has 6 rings (SSSR count). The van der Waals surface area contributed by atoms with E-state index in [-0.39, 0.29) is 6.42 Å². The Morgan fingerprint density at radius 1 is 0.660 bits per heavy atom. The highest BCUT2D eigenvalue weighted by Gasteiger charge is 2.54. The van der Waals surface area contributed by atoms with E-state index in [4.69, 9.17) is 18.9 Å². The van der Waals surface area contributed by atoms with Crippen molar-refractivity contribution in [3.05, 3.63) is 102 Å². The Hall–Kier alpha value is -3.25. The van der Waals surface area contributed by atoms with E-state index in [0.717, 1.165) is 34.7 Å². The molecule has 2 aromatic heterocycles. The van der Waals surface area contributed by atoms with Crippen LogP contribution in [0.1, 0.15) is 18.0 Å². The van der Waals surface area contributed by atoms with Gasteiger partial charge in [-0.15, -0.1) is 0 Å². The van der Waals surface area contributed by atoms with Gasteiger partial charge in [-0.1, -0.05) is 30.3 Å². The minimum Gasteiger partial charge on any atom is -0.756 e. The van der Waals surface area contributed by atoms with Gasteiger partial charge in [-0.3, -0.25) is 42.4 Å². The second kappa shape index (κ2) is 15.5. The third-order valence-corrected chi connectivity index (χ3v) is 12.1. The Balaban J connectivity index is 1.06. The Bertz CT molecular complexity index is 2180. The third kappa shape index (κ3) is 9.35. The van der Waals surface area contributed by atoms with Crippen molar-refractivity contribution in [3.63, 3.8) is 0 Å². The number of phosphoric acid groups is 3. The molecule has 5 heterocycles. The van der Waals surface area contributed by atoms with E-state index < -0.39 is 115 Å². The van der Waals surface area contributed by atoms with Gasteiger partial charge in [-0.05, 0) is 5.56 Å². The number of H-pyrrole nitrogens is 2. The van der Waals surface area contributed by atoms with Gasteiger partial charge in [0.15, 0.2) is 18.7 Å². The summed E-state index contributed by atoms with van der Waals surface area (Å²) in [7, 11) is -18.4. The number of aromatic nitrogens is 4. The molecule has 4 N–H and O–H groups in total. The van der Waals surface area contributed by atoms with Crippen LogP contribution in [-0.2, 0) is 56.7 Å². The fraction of sp³-hybridized carbons (Fsp3) is 0.462. The summed E-state index contributed by atoms with van der Waals surface area (Å²) in [4.78, 5) is 88.5. The van der Waals surface area contributed by atoms with E-state index in [1.807, 2.05) is 9.97 Å². The number of hydrogen-bond donors (Lipinski definition) is 4. The molecular formula is C26H28N4O20P3-3. The van der Waals surface area contributed by atoms with Crippen LogP contribution in [0.3, 0.4) is 0 Å². The number of rotatable bonds is 14. The molecule has 0 spiro atoms. The lowest BCUT2D eigenvalue weighted by molar-refractivity contribution is -0.253. The molecule has 3 fully saturated rings. The first kappa shape index (κ1) is 39.4. The van der Waals surface area contributed by atoms with Crippen LogP contribution < -0.4 is 37.2 Å². The minimum absolute atomic E-state index is 0.216. The predicted octanol–water partition coefficient (Wildman–Crippen LogP) is -3.57. The van der Waals surface area contributed by atoms with Crippen LogP contribution in [-0.4, -0.2) is 85.4 Å². The van der Waals surface area contributed by atoms with Gasteiger partial charge in [0, 0.05) is 30.9 Å². The lowest BCUT2D eigenvalue weighted by atomic mass is 10.1. The van der Waals surface area contributed by atoms with Crippen molar-refractivity contribution < 1.29 is 75.2 Å². The number of ether oxygens (including phenoxy) is 4. The standard InChI is InChI=1S/C26H31N4O20P3/c31-16-6-8-29(25(35)27-16)23-20(34)19(33)14(45-23)11-43-51(37,38)49-53(41,42)50-52(39,40)44-12-15-21-22(24(46-15)30-9-7-17(32)28-26(30)36)48-18(47-21)10-13-4-2-1-3-5-13/h1-9,14-15,18-24,33-34H,10-12H2,(H,37,38)(H,39,40)(H,41,42)(H,27,31,35)(H,28,32,36)/p-3/t14-,15+,18?,19?,20?,21?,22?,23-,24+/m1/s1. The Morgan fingerprint density at radius 2 is 1.17 bits per heavy atom. The largest absolute Gasteiger partial charge is 0.756 e. The van der Waals surface area contributed by atoms with Gasteiger partial charge >= 0.3 is 11.4 Å². The van der Waals surface area contributed by atoms with Crippen molar-refractivity contribution in [2.45, 2.75) is 61.8 Å². The summed E-state index contributed by atoms with van der Waals surface area (Å²) in [5.74, 6) is 0. The second-order valence-electron chi connectivity index (χ2n) is 11.6. The highest BCUT2D eigenvalue weighted by molar-refractivity contribution is 7.65. The minimum atomic E-state index is -6.36. The highest BCUT2D eigenvalue weighted by Crippen LogP contribution is 2.63. The molecule has 3 aromatic rings. The fourth-order valence-corrected chi connectivity index (χ4v) is 9.03. The van der Waals surface area contributed by atoms with Crippen LogP contribution in [0.5, 0.6) is 0 Å². The molecule has 0 radical (unpaired) electrons. The van der Waals surface area contributed by atoms with Crippen LogP contribution in [0.25, 0.3) is 0 Å². The molecule has 8 unspecified atom stereocenters. The van der Waals surface area contributed by atoms with Crippen molar-refractivity contribution in [2.75, 3.05) is 13.2 Å². The van der Waals surface area contributed by atoms with Crippen molar-refractivity contribution >= 4 is 23.5 Å². The predicted molar refractivity (Wildman–Crippen MR) is 163 cm³/mol. The van der Waals surface area contributed by atoms with Gasteiger partial charge in [0.25, 0.3) is 34.6 Å². The lowest BCUT2D eigenvalue weighted by Gasteiger charge is -2.35. The highest BCUT2D eigenvalue weighted by atomic mass is 31.3. The van der Waals surface area contributed by atoms with Crippen LogP contribution in [0.15, 0.2) is 74.0 Å². The number of aliphatic hydroxyl groups excluding tert-OH is 2. The molecule has 1 aromatic carbocycles. The molecule has 3 aliphatic rings. The van der Waals surface area contributed by atoms with Crippen LogP contribution >= 0.6 is 23.5 Å². The van der Waals surface area contributed by atoms with Crippen molar-refractivity contribution in [2.24, 2.45) is 0 Å². The maximum absolute atomic E-state index is 12.5. The summed E-state index contributed by atoms with van der Waals surface area (Å²) in [6.45, 7) is -2.23. The fourth-order valence-electron chi connectivity index (χ4n) is 5.65. The molecule has 0 saturated carbocycles. The number of aliphatic hydroxyl groups is 2. The van der Waals surface area contributed by atoms with Gasteiger partial charge < -0.3 is 52.9 Å². The molecule has 0 bridgehead atoms. The maximum Gasteiger partial charge on any atom is 0.330 e. The quantitative estimate of drug-likeness (QED) is 0.114. The summed E-state index contributed by atoms with van der Waals surface area (Å²) in [5.41, 5.74) is -2.67. The molecule has 0 aliphatic carbocycles.